The van der Waals surface area contributed by atoms with Crippen LogP contribution in [0.5, 0.6) is 0 Å². The summed E-state index contributed by atoms with van der Waals surface area (Å²) in [6.45, 7) is 15.2. The van der Waals surface area contributed by atoms with E-state index in [1.165, 1.54) is 11.1 Å². The van der Waals surface area contributed by atoms with E-state index in [0.717, 1.165) is 25.7 Å². The number of allylic oxidation sites excluding steroid dienone is 1. The molecule has 1 unspecified atom stereocenters. The molecule has 7 heteroatoms. The number of hydrogen-bond acceptors (Lipinski definition) is 5. The SMILES string of the molecule is CC(C)C(CC/C(=C\NC(CCc1ccccc1)CCc1ccccc1)NC(=O)OC(C)(C)C)NC(=O)OC(C)(C)C. The molecule has 0 radical (unpaired) electrons. The Morgan fingerprint density at radius 2 is 1.21 bits per heavy atom. The van der Waals surface area contributed by atoms with Crippen LogP contribution in [0.15, 0.2) is 72.6 Å². The van der Waals surface area contributed by atoms with Gasteiger partial charge in [0.05, 0.1) is 0 Å². The molecule has 2 aromatic rings. The van der Waals surface area contributed by atoms with Gasteiger partial charge in [0.25, 0.3) is 0 Å². The molecule has 2 aromatic carbocycles. The largest absolute Gasteiger partial charge is 0.444 e. The Hall–Kier alpha value is -3.48. The Morgan fingerprint density at radius 1 is 0.738 bits per heavy atom. The number of rotatable bonds is 14. The van der Waals surface area contributed by atoms with Gasteiger partial charge in [0.1, 0.15) is 11.2 Å². The van der Waals surface area contributed by atoms with Crippen molar-refractivity contribution >= 4 is 12.2 Å². The van der Waals surface area contributed by atoms with E-state index in [-0.39, 0.29) is 18.0 Å². The zero-order valence-electron chi connectivity index (χ0n) is 27.0. The highest BCUT2D eigenvalue weighted by atomic mass is 16.6. The van der Waals surface area contributed by atoms with Gasteiger partial charge in [0, 0.05) is 24.0 Å². The first-order valence-corrected chi connectivity index (χ1v) is 15.2. The molecule has 3 N–H and O–H groups in total. The van der Waals surface area contributed by atoms with E-state index in [1.807, 2.05) is 59.9 Å². The molecule has 0 heterocycles. The molecule has 7 nitrogen and oxygen atoms in total. The molecule has 0 aliphatic heterocycles. The number of amides is 2. The minimum atomic E-state index is -0.616. The van der Waals surface area contributed by atoms with Crippen molar-refractivity contribution in [1.82, 2.24) is 16.0 Å². The fourth-order valence-electron chi connectivity index (χ4n) is 4.45. The van der Waals surface area contributed by atoms with Crippen LogP contribution in [0.2, 0.25) is 0 Å². The molecule has 0 aliphatic rings. The monoisotopic (exact) mass is 579 g/mol. The summed E-state index contributed by atoms with van der Waals surface area (Å²) in [7, 11) is 0. The second-order valence-electron chi connectivity index (χ2n) is 13.2. The molecule has 0 bridgehead atoms. The fraction of sp³-hybridized carbons (Fsp3) is 0.543. The van der Waals surface area contributed by atoms with Gasteiger partial charge in [-0.1, -0.05) is 74.5 Å². The average molecular weight is 580 g/mol. The van der Waals surface area contributed by atoms with Crippen molar-refractivity contribution in [3.05, 3.63) is 83.7 Å². The minimum Gasteiger partial charge on any atom is -0.444 e. The molecule has 0 saturated carbocycles. The van der Waals surface area contributed by atoms with Gasteiger partial charge in [0.2, 0.25) is 0 Å². The van der Waals surface area contributed by atoms with E-state index in [0.29, 0.717) is 18.5 Å². The van der Waals surface area contributed by atoms with Gasteiger partial charge in [-0.2, -0.15) is 0 Å². The molecule has 0 aromatic heterocycles. The van der Waals surface area contributed by atoms with E-state index < -0.39 is 23.4 Å². The highest BCUT2D eigenvalue weighted by Crippen LogP contribution is 2.17. The van der Waals surface area contributed by atoms with E-state index in [4.69, 9.17) is 9.47 Å². The number of hydrogen-bond donors (Lipinski definition) is 3. The zero-order chi connectivity index (χ0) is 31.2. The quantitative estimate of drug-likeness (QED) is 0.212. The maximum absolute atomic E-state index is 12.8. The van der Waals surface area contributed by atoms with Crippen molar-refractivity contribution in [2.45, 2.75) is 117 Å². The van der Waals surface area contributed by atoms with Crippen LogP contribution >= 0.6 is 0 Å². The third-order valence-electron chi connectivity index (χ3n) is 6.63. The third kappa shape index (κ3) is 15.5. The van der Waals surface area contributed by atoms with E-state index in [9.17, 15) is 9.59 Å². The number of nitrogens with one attached hydrogen (secondary N) is 3. The molecule has 0 fully saturated rings. The van der Waals surface area contributed by atoms with Gasteiger partial charge in [-0.25, -0.2) is 9.59 Å². The first-order valence-electron chi connectivity index (χ1n) is 15.2. The fourth-order valence-corrected chi connectivity index (χ4v) is 4.45. The summed E-state index contributed by atoms with van der Waals surface area (Å²) < 4.78 is 11.0. The van der Waals surface area contributed by atoms with Gasteiger partial charge in [-0.3, -0.25) is 5.32 Å². The Balaban J connectivity index is 2.18. The van der Waals surface area contributed by atoms with Crippen molar-refractivity contribution in [1.29, 1.82) is 0 Å². The number of ether oxygens (including phenoxy) is 2. The Labute approximate surface area is 253 Å². The maximum atomic E-state index is 12.8. The molecule has 0 aliphatic carbocycles. The lowest BCUT2D eigenvalue weighted by Crippen LogP contribution is -2.42. The molecule has 0 spiro atoms. The van der Waals surface area contributed by atoms with Crippen LogP contribution in [-0.4, -0.2) is 35.5 Å². The number of alkyl carbamates (subject to hydrolysis) is 2. The second kappa shape index (κ2) is 16.8. The number of carbonyl (C=O) groups is 2. The van der Waals surface area contributed by atoms with Gasteiger partial charge in [-0.15, -0.1) is 0 Å². The lowest BCUT2D eigenvalue weighted by molar-refractivity contribution is 0.0480. The molecule has 2 amide bonds. The third-order valence-corrected chi connectivity index (χ3v) is 6.63. The Bertz CT molecular complexity index is 1060. The summed E-state index contributed by atoms with van der Waals surface area (Å²) in [6, 6.07) is 21.0. The van der Waals surface area contributed by atoms with Gasteiger partial charge < -0.3 is 20.1 Å². The van der Waals surface area contributed by atoms with Crippen LogP contribution in [0.4, 0.5) is 9.59 Å². The first-order chi connectivity index (χ1) is 19.7. The first kappa shape index (κ1) is 34.7. The molecule has 42 heavy (non-hydrogen) atoms. The van der Waals surface area contributed by atoms with Crippen LogP contribution in [0.25, 0.3) is 0 Å². The lowest BCUT2D eigenvalue weighted by Gasteiger charge is -2.26. The van der Waals surface area contributed by atoms with Crippen LogP contribution < -0.4 is 16.0 Å². The lowest BCUT2D eigenvalue weighted by atomic mass is 9.98. The highest BCUT2D eigenvalue weighted by molar-refractivity contribution is 5.70. The molecular weight excluding hydrogens is 526 g/mol. The molecule has 2 rings (SSSR count). The predicted molar refractivity (Wildman–Crippen MR) is 171 cm³/mol. The van der Waals surface area contributed by atoms with Crippen LogP contribution in [-0.2, 0) is 22.3 Å². The highest BCUT2D eigenvalue weighted by Gasteiger charge is 2.23. The Morgan fingerprint density at radius 3 is 1.67 bits per heavy atom. The topological polar surface area (TPSA) is 88.7 Å². The summed E-state index contributed by atoms with van der Waals surface area (Å²) in [5.41, 5.74) is 2.12. The summed E-state index contributed by atoms with van der Waals surface area (Å²) in [4.78, 5) is 25.3. The molecule has 1 atom stereocenters. The predicted octanol–water partition coefficient (Wildman–Crippen LogP) is 7.91. The molecule has 232 valence electrons. The number of aryl methyl sites for hydroxylation is 2. The Kier molecular flexibility index (Phi) is 13.9. The summed E-state index contributed by atoms with van der Waals surface area (Å²) in [6.07, 6.45) is 5.93. The van der Waals surface area contributed by atoms with Crippen molar-refractivity contribution in [2.75, 3.05) is 0 Å². The van der Waals surface area contributed by atoms with Crippen molar-refractivity contribution in [3.8, 4) is 0 Å². The van der Waals surface area contributed by atoms with Crippen LogP contribution in [0.1, 0.15) is 92.2 Å². The van der Waals surface area contributed by atoms with Crippen LogP contribution in [0.3, 0.4) is 0 Å². The van der Waals surface area contributed by atoms with Crippen molar-refractivity contribution in [3.63, 3.8) is 0 Å². The molecular formula is C35H53N3O4. The minimum absolute atomic E-state index is 0.129. The summed E-state index contributed by atoms with van der Waals surface area (Å²) in [5, 5.41) is 9.57. The number of benzene rings is 2. The number of carbonyl (C=O) groups excluding carboxylic acids is 2. The summed E-state index contributed by atoms with van der Waals surface area (Å²) >= 11 is 0. The molecule has 0 saturated heterocycles. The maximum Gasteiger partial charge on any atom is 0.411 e. The van der Waals surface area contributed by atoms with Crippen molar-refractivity contribution in [2.24, 2.45) is 5.92 Å². The normalized spacial score (nSPS) is 13.0. The standard InChI is InChI=1S/C35H53N3O4/c1-26(2)31(38-33(40)42-35(6,7)8)24-23-30(37-32(39)41-34(3,4)5)25-36-29(21-19-27-15-11-9-12-16-27)22-20-28-17-13-10-14-18-28/h9-18,25-26,29,31,36H,19-24H2,1-8H3,(H,37,39)(H,38,40)/b30-25+. The summed E-state index contributed by atoms with van der Waals surface area (Å²) in [5.74, 6) is 0.178. The van der Waals surface area contributed by atoms with E-state index >= 15 is 0 Å². The van der Waals surface area contributed by atoms with Gasteiger partial charge in [-0.05, 0) is 97.1 Å². The van der Waals surface area contributed by atoms with Crippen molar-refractivity contribution < 1.29 is 19.1 Å². The average Bonchev–Trinajstić information content (AvgIpc) is 2.89. The van der Waals surface area contributed by atoms with Gasteiger partial charge >= 0.3 is 12.2 Å². The second-order valence-corrected chi connectivity index (χ2v) is 13.2. The smallest absolute Gasteiger partial charge is 0.411 e. The van der Waals surface area contributed by atoms with E-state index in [2.05, 4.69) is 78.3 Å². The zero-order valence-corrected chi connectivity index (χ0v) is 27.0. The van der Waals surface area contributed by atoms with Crippen LogP contribution in [0, 0.1) is 5.92 Å². The van der Waals surface area contributed by atoms with Gasteiger partial charge in [0.15, 0.2) is 0 Å². The van der Waals surface area contributed by atoms with E-state index in [1.54, 1.807) is 0 Å².